The van der Waals surface area contributed by atoms with E-state index in [0.717, 1.165) is 23.4 Å². The topological polar surface area (TPSA) is 49.8 Å². The lowest BCUT2D eigenvalue weighted by Gasteiger charge is -2.46. The summed E-state index contributed by atoms with van der Waals surface area (Å²) in [6, 6.07) is 5.32. The number of methoxy groups -OCH3 is 1. The predicted molar refractivity (Wildman–Crippen MR) is 89.5 cm³/mol. The van der Waals surface area contributed by atoms with Crippen molar-refractivity contribution in [3.63, 3.8) is 0 Å². The van der Waals surface area contributed by atoms with Gasteiger partial charge in [-0.2, -0.15) is 0 Å². The van der Waals surface area contributed by atoms with Crippen LogP contribution in [0, 0.1) is 0 Å². The fourth-order valence-corrected chi connectivity index (χ4v) is 3.36. The zero-order chi connectivity index (χ0) is 16.5. The molecule has 1 aromatic carbocycles. The molecule has 2 rings (SSSR count). The van der Waals surface area contributed by atoms with Gasteiger partial charge in [0.05, 0.1) is 12.6 Å². The minimum atomic E-state index is -0.781. The molecule has 1 aliphatic heterocycles. The van der Waals surface area contributed by atoms with Crippen LogP contribution in [0.4, 0.5) is 5.69 Å². The van der Waals surface area contributed by atoms with Gasteiger partial charge in [-0.15, -0.1) is 0 Å². The second-order valence-corrected chi connectivity index (χ2v) is 6.38. The van der Waals surface area contributed by atoms with Crippen LogP contribution in [-0.2, 0) is 4.79 Å². The lowest BCUT2D eigenvalue weighted by molar-refractivity contribution is -0.139. The minimum absolute atomic E-state index is 0.359. The van der Waals surface area contributed by atoms with E-state index in [-0.39, 0.29) is 5.54 Å². The van der Waals surface area contributed by atoms with Crippen LogP contribution in [0.1, 0.15) is 46.1 Å². The smallest absolute Gasteiger partial charge is 0.326 e. The summed E-state index contributed by atoms with van der Waals surface area (Å²) < 4.78 is 5.34. The van der Waals surface area contributed by atoms with Gasteiger partial charge >= 0.3 is 5.97 Å². The van der Waals surface area contributed by atoms with Gasteiger partial charge in [0.1, 0.15) is 11.8 Å². The summed E-state index contributed by atoms with van der Waals surface area (Å²) in [5, 5.41) is 9.71. The zero-order valence-corrected chi connectivity index (χ0v) is 14.0. The Morgan fingerprint density at radius 1 is 1.41 bits per heavy atom. The van der Waals surface area contributed by atoms with Crippen LogP contribution in [0.15, 0.2) is 24.3 Å². The van der Waals surface area contributed by atoms with Gasteiger partial charge in [-0.25, -0.2) is 4.79 Å². The summed E-state index contributed by atoms with van der Waals surface area (Å²) in [7, 11) is 1.63. The molecule has 0 fully saturated rings. The van der Waals surface area contributed by atoms with E-state index in [1.807, 2.05) is 30.0 Å². The van der Waals surface area contributed by atoms with Gasteiger partial charge in [-0.3, -0.25) is 0 Å². The molecule has 1 heterocycles. The third-order valence-corrected chi connectivity index (χ3v) is 4.24. The first-order valence-electron chi connectivity index (χ1n) is 7.71. The van der Waals surface area contributed by atoms with Gasteiger partial charge in [0, 0.05) is 17.3 Å². The average Bonchev–Trinajstić information content (AvgIpc) is 2.44. The zero-order valence-electron chi connectivity index (χ0n) is 14.0. The molecule has 1 unspecified atom stereocenters. The Hall–Kier alpha value is -1.97. The maximum atomic E-state index is 11.8. The van der Waals surface area contributed by atoms with Crippen molar-refractivity contribution in [1.29, 1.82) is 0 Å². The number of carboxylic acid groups (broad SMARTS) is 1. The van der Waals surface area contributed by atoms with Crippen LogP contribution >= 0.6 is 0 Å². The first-order valence-corrected chi connectivity index (χ1v) is 7.71. The standard InChI is InChI=1S/C18H25NO3/c1-6-7-15(17(20)21)19-16-10-13(22-5)8-9-14(16)12(2)11-18(19,3)4/h8-11,15H,6-7H2,1-5H3,(H,20,21). The van der Waals surface area contributed by atoms with Crippen LogP contribution in [0.5, 0.6) is 5.75 Å². The fourth-order valence-electron chi connectivity index (χ4n) is 3.36. The lowest BCUT2D eigenvalue weighted by Crippen LogP contribution is -2.54. The van der Waals surface area contributed by atoms with Crippen molar-refractivity contribution < 1.29 is 14.6 Å². The number of aliphatic carboxylic acids is 1. The monoisotopic (exact) mass is 303 g/mol. The Kier molecular flexibility index (Phi) is 4.50. The molecule has 1 N–H and O–H groups in total. The Bertz CT molecular complexity index is 604. The molecule has 0 spiro atoms. The number of ether oxygens (including phenoxy) is 1. The van der Waals surface area contributed by atoms with Crippen molar-refractivity contribution in [3.05, 3.63) is 29.8 Å². The van der Waals surface area contributed by atoms with Crippen molar-refractivity contribution >= 4 is 17.2 Å². The predicted octanol–water partition coefficient (Wildman–Crippen LogP) is 3.95. The molecule has 0 bridgehead atoms. The highest BCUT2D eigenvalue weighted by molar-refractivity contribution is 5.87. The van der Waals surface area contributed by atoms with Crippen LogP contribution < -0.4 is 9.64 Å². The molecule has 22 heavy (non-hydrogen) atoms. The quantitative estimate of drug-likeness (QED) is 0.895. The third-order valence-electron chi connectivity index (χ3n) is 4.24. The van der Waals surface area contributed by atoms with E-state index in [2.05, 4.69) is 26.8 Å². The second kappa shape index (κ2) is 6.03. The molecule has 0 saturated heterocycles. The highest BCUT2D eigenvalue weighted by Crippen LogP contribution is 2.42. The van der Waals surface area contributed by atoms with E-state index in [9.17, 15) is 9.90 Å². The van der Waals surface area contributed by atoms with Gasteiger partial charge in [-0.1, -0.05) is 19.4 Å². The maximum Gasteiger partial charge on any atom is 0.326 e. The van der Waals surface area contributed by atoms with E-state index < -0.39 is 12.0 Å². The SMILES string of the molecule is CCCC(C(=O)O)N1c2cc(OC)ccc2C(C)=CC1(C)C. The van der Waals surface area contributed by atoms with Gasteiger partial charge in [0.15, 0.2) is 0 Å². The summed E-state index contributed by atoms with van der Waals surface area (Å²) in [5.74, 6) is -0.0356. The van der Waals surface area contributed by atoms with Crippen molar-refractivity contribution in [3.8, 4) is 5.75 Å². The molecule has 4 heteroatoms. The molecule has 120 valence electrons. The van der Waals surface area contributed by atoms with Crippen LogP contribution in [-0.4, -0.2) is 29.8 Å². The van der Waals surface area contributed by atoms with Gasteiger partial charge < -0.3 is 14.7 Å². The van der Waals surface area contributed by atoms with E-state index >= 15 is 0 Å². The number of carboxylic acids is 1. The van der Waals surface area contributed by atoms with E-state index in [4.69, 9.17) is 4.74 Å². The van der Waals surface area contributed by atoms with Crippen molar-refractivity contribution in [2.24, 2.45) is 0 Å². The van der Waals surface area contributed by atoms with E-state index in [1.165, 1.54) is 5.57 Å². The Morgan fingerprint density at radius 3 is 2.64 bits per heavy atom. The summed E-state index contributed by atoms with van der Waals surface area (Å²) in [4.78, 5) is 13.8. The Balaban J connectivity index is 2.63. The number of allylic oxidation sites excluding steroid dienone is 1. The molecule has 0 amide bonds. The molecule has 4 nitrogen and oxygen atoms in total. The number of benzene rings is 1. The largest absolute Gasteiger partial charge is 0.497 e. The third kappa shape index (κ3) is 2.82. The first-order chi connectivity index (χ1) is 10.3. The molecule has 1 aliphatic rings. The van der Waals surface area contributed by atoms with E-state index in [0.29, 0.717) is 6.42 Å². The molecular formula is C18H25NO3. The molecule has 0 saturated carbocycles. The number of hydrogen-bond donors (Lipinski definition) is 1. The number of rotatable bonds is 5. The second-order valence-electron chi connectivity index (χ2n) is 6.38. The summed E-state index contributed by atoms with van der Waals surface area (Å²) >= 11 is 0. The van der Waals surface area contributed by atoms with Gasteiger partial charge in [0.2, 0.25) is 0 Å². The number of hydrogen-bond acceptors (Lipinski definition) is 3. The average molecular weight is 303 g/mol. The maximum absolute atomic E-state index is 11.8. The van der Waals surface area contributed by atoms with Crippen molar-refractivity contribution in [2.45, 2.75) is 52.1 Å². The molecular weight excluding hydrogens is 278 g/mol. The lowest BCUT2D eigenvalue weighted by atomic mass is 9.86. The summed E-state index contributed by atoms with van der Waals surface area (Å²) in [6.07, 6.45) is 3.58. The fraction of sp³-hybridized carbons (Fsp3) is 0.500. The number of fused-ring (bicyclic) bond motifs is 1. The number of nitrogens with zero attached hydrogens (tertiary/aromatic N) is 1. The van der Waals surface area contributed by atoms with Crippen molar-refractivity contribution in [2.75, 3.05) is 12.0 Å². The Morgan fingerprint density at radius 2 is 2.09 bits per heavy atom. The first kappa shape index (κ1) is 16.4. The summed E-state index contributed by atoms with van der Waals surface area (Å²) in [6.45, 7) is 8.20. The molecule has 0 aromatic heterocycles. The van der Waals surface area contributed by atoms with Crippen molar-refractivity contribution in [1.82, 2.24) is 0 Å². The van der Waals surface area contributed by atoms with Crippen LogP contribution in [0.2, 0.25) is 0 Å². The highest BCUT2D eigenvalue weighted by atomic mass is 16.5. The Labute approximate surface area is 132 Å². The number of anilines is 1. The van der Waals surface area contributed by atoms with Gasteiger partial charge in [0.25, 0.3) is 0 Å². The molecule has 0 aliphatic carbocycles. The van der Waals surface area contributed by atoms with Gasteiger partial charge in [-0.05, 0) is 44.9 Å². The highest BCUT2D eigenvalue weighted by Gasteiger charge is 2.39. The van der Waals surface area contributed by atoms with Crippen LogP contribution in [0.25, 0.3) is 5.57 Å². The van der Waals surface area contributed by atoms with E-state index in [1.54, 1.807) is 7.11 Å². The molecule has 1 atom stereocenters. The molecule has 0 radical (unpaired) electrons. The van der Waals surface area contributed by atoms with Crippen LogP contribution in [0.3, 0.4) is 0 Å². The molecule has 1 aromatic rings. The minimum Gasteiger partial charge on any atom is -0.497 e. The number of carbonyl (C=O) groups is 1. The summed E-state index contributed by atoms with van der Waals surface area (Å²) in [5.41, 5.74) is 2.81. The normalized spacial score (nSPS) is 17.5.